The molecule has 5 heteroatoms. The zero-order chi connectivity index (χ0) is 19.8. The molecule has 1 atom stereocenters. The Bertz CT molecular complexity index is 540. The average molecular weight is 359 g/mol. The fourth-order valence-corrected chi connectivity index (χ4v) is 2.65. The number of aliphatic hydroxyl groups is 1. The maximum atomic E-state index is 13.9. The van der Waals surface area contributed by atoms with Crippen molar-refractivity contribution in [2.45, 2.75) is 59.7 Å². The molecule has 1 N–H and O–H groups in total. The first-order valence-electron chi connectivity index (χ1n) is 8.64. The Labute approximate surface area is 150 Å². The van der Waals surface area contributed by atoms with Crippen molar-refractivity contribution >= 4 is 0 Å². The van der Waals surface area contributed by atoms with Crippen LogP contribution in [0, 0.1) is 0 Å². The standard InChI is InChI=1S/C20H32F3NO/c1-8-13-24(10-3)14-19(25,20(21,22)23)18(9-2)17(16(6)7)12-11-15(4)5/h9,11-12,25H,6,8,10,13-14H2,1-5,7H3/b17-12+,18-9+. The van der Waals surface area contributed by atoms with E-state index >= 15 is 0 Å². The fraction of sp³-hybridized carbons (Fsp3) is 0.600. The van der Waals surface area contributed by atoms with Gasteiger partial charge in [0.05, 0.1) is 0 Å². The molecule has 0 radical (unpaired) electrons. The lowest BCUT2D eigenvalue weighted by Crippen LogP contribution is -2.55. The molecule has 0 spiro atoms. The molecule has 0 aromatic carbocycles. The van der Waals surface area contributed by atoms with Gasteiger partial charge in [-0.15, -0.1) is 0 Å². The number of nitrogens with zero attached hydrogens (tertiary/aromatic N) is 1. The van der Waals surface area contributed by atoms with Crippen molar-refractivity contribution < 1.29 is 18.3 Å². The predicted octanol–water partition coefficient (Wildman–Crippen LogP) is 5.43. The Balaban J connectivity index is 6.26. The van der Waals surface area contributed by atoms with Gasteiger partial charge in [-0.25, -0.2) is 0 Å². The van der Waals surface area contributed by atoms with Crippen LogP contribution < -0.4 is 0 Å². The lowest BCUT2D eigenvalue weighted by atomic mass is 9.83. The van der Waals surface area contributed by atoms with Crippen molar-refractivity contribution in [3.8, 4) is 0 Å². The average Bonchev–Trinajstić information content (AvgIpc) is 2.48. The van der Waals surface area contributed by atoms with Crippen molar-refractivity contribution in [3.05, 3.63) is 47.1 Å². The largest absolute Gasteiger partial charge is 0.422 e. The van der Waals surface area contributed by atoms with Gasteiger partial charge in [0.1, 0.15) is 0 Å². The second kappa shape index (κ2) is 9.97. The number of allylic oxidation sites excluding steroid dienone is 5. The number of rotatable bonds is 9. The molecule has 0 bridgehead atoms. The smallest absolute Gasteiger partial charge is 0.375 e. The third kappa shape index (κ3) is 6.48. The van der Waals surface area contributed by atoms with Gasteiger partial charge in [0.25, 0.3) is 0 Å². The van der Waals surface area contributed by atoms with E-state index < -0.39 is 18.3 Å². The quantitative estimate of drug-likeness (QED) is 0.555. The van der Waals surface area contributed by atoms with E-state index in [0.717, 1.165) is 5.57 Å². The van der Waals surface area contributed by atoms with Gasteiger partial charge in [-0.1, -0.05) is 49.8 Å². The van der Waals surface area contributed by atoms with Crippen molar-refractivity contribution in [2.24, 2.45) is 0 Å². The molecule has 0 aliphatic heterocycles. The van der Waals surface area contributed by atoms with Crippen LogP contribution in [0.15, 0.2) is 47.1 Å². The second-order valence-electron chi connectivity index (χ2n) is 6.53. The van der Waals surface area contributed by atoms with Crippen LogP contribution in [0.2, 0.25) is 0 Å². The Kier molecular flexibility index (Phi) is 9.44. The van der Waals surface area contributed by atoms with E-state index in [-0.39, 0.29) is 5.57 Å². The normalized spacial score (nSPS) is 16.0. The fourth-order valence-electron chi connectivity index (χ4n) is 2.65. The van der Waals surface area contributed by atoms with Gasteiger partial charge in [-0.05, 0) is 58.4 Å². The van der Waals surface area contributed by atoms with Crippen molar-refractivity contribution in [2.75, 3.05) is 19.6 Å². The minimum atomic E-state index is -4.80. The highest BCUT2D eigenvalue weighted by Gasteiger charge is 2.57. The van der Waals surface area contributed by atoms with E-state index in [9.17, 15) is 18.3 Å². The number of halogens is 3. The summed E-state index contributed by atoms with van der Waals surface area (Å²) in [6, 6.07) is 0. The summed E-state index contributed by atoms with van der Waals surface area (Å²) in [6.07, 6.45) is 0.587. The van der Waals surface area contributed by atoms with Crippen molar-refractivity contribution in [3.63, 3.8) is 0 Å². The summed E-state index contributed by atoms with van der Waals surface area (Å²) in [6.45, 7) is 14.8. The van der Waals surface area contributed by atoms with Gasteiger partial charge in [0, 0.05) is 6.54 Å². The number of hydrogen-bond donors (Lipinski definition) is 1. The van der Waals surface area contributed by atoms with E-state index in [4.69, 9.17) is 0 Å². The van der Waals surface area contributed by atoms with E-state index in [1.165, 1.54) is 13.0 Å². The summed E-state index contributed by atoms with van der Waals surface area (Å²) in [5, 5.41) is 10.8. The van der Waals surface area contributed by atoms with Gasteiger partial charge in [-0.3, -0.25) is 0 Å². The molecule has 144 valence electrons. The van der Waals surface area contributed by atoms with Gasteiger partial charge in [-0.2, -0.15) is 13.2 Å². The molecule has 25 heavy (non-hydrogen) atoms. The molecule has 1 unspecified atom stereocenters. The van der Waals surface area contributed by atoms with Crippen LogP contribution in [-0.4, -0.2) is 41.4 Å². The molecule has 0 saturated carbocycles. The predicted molar refractivity (Wildman–Crippen MR) is 99.5 cm³/mol. The molecule has 0 aliphatic rings. The van der Waals surface area contributed by atoms with E-state index in [1.807, 2.05) is 20.8 Å². The Hall–Kier alpha value is -1.33. The summed E-state index contributed by atoms with van der Waals surface area (Å²) in [5.41, 5.74) is -1.36. The molecule has 0 saturated heterocycles. The summed E-state index contributed by atoms with van der Waals surface area (Å²) in [5.74, 6) is 0. The number of alkyl halides is 3. The van der Waals surface area contributed by atoms with Crippen LogP contribution in [0.3, 0.4) is 0 Å². The third-order valence-electron chi connectivity index (χ3n) is 3.98. The van der Waals surface area contributed by atoms with Crippen LogP contribution in [-0.2, 0) is 0 Å². The number of likely N-dealkylation sites (N-methyl/N-ethyl adjacent to an activating group) is 1. The van der Waals surface area contributed by atoms with Crippen LogP contribution in [0.1, 0.15) is 48.0 Å². The molecule has 0 fully saturated rings. The minimum Gasteiger partial charge on any atom is -0.375 e. The zero-order valence-corrected chi connectivity index (χ0v) is 16.3. The summed E-state index contributed by atoms with van der Waals surface area (Å²) in [7, 11) is 0. The zero-order valence-electron chi connectivity index (χ0n) is 16.3. The highest BCUT2D eigenvalue weighted by molar-refractivity contribution is 5.51. The molecule has 0 amide bonds. The van der Waals surface area contributed by atoms with Gasteiger partial charge < -0.3 is 10.0 Å². The SMILES string of the molecule is C=C(C)C(=C\C=C(C)C)/C(=C\C)C(O)(CN(CC)CCC)C(F)(F)F. The highest BCUT2D eigenvalue weighted by atomic mass is 19.4. The highest BCUT2D eigenvalue weighted by Crippen LogP contribution is 2.41. The van der Waals surface area contributed by atoms with Crippen molar-refractivity contribution in [1.29, 1.82) is 0 Å². The summed E-state index contributed by atoms with van der Waals surface area (Å²) >= 11 is 0. The first-order chi connectivity index (χ1) is 11.4. The van der Waals surface area contributed by atoms with Crippen molar-refractivity contribution in [1.82, 2.24) is 4.90 Å². The molecule has 0 aliphatic carbocycles. The summed E-state index contributed by atoms with van der Waals surface area (Å²) < 4.78 is 41.7. The molecule has 0 aromatic heterocycles. The second-order valence-corrected chi connectivity index (χ2v) is 6.53. The lowest BCUT2D eigenvalue weighted by Gasteiger charge is -2.38. The van der Waals surface area contributed by atoms with E-state index in [2.05, 4.69) is 6.58 Å². The maximum absolute atomic E-state index is 13.9. The monoisotopic (exact) mass is 359 g/mol. The Morgan fingerprint density at radius 2 is 1.68 bits per heavy atom. The first-order valence-corrected chi connectivity index (χ1v) is 8.64. The van der Waals surface area contributed by atoms with E-state index in [0.29, 0.717) is 30.7 Å². The molecule has 2 nitrogen and oxygen atoms in total. The number of hydrogen-bond acceptors (Lipinski definition) is 2. The lowest BCUT2D eigenvalue weighted by molar-refractivity contribution is -0.248. The third-order valence-corrected chi connectivity index (χ3v) is 3.98. The first kappa shape index (κ1) is 23.7. The molecule has 0 rings (SSSR count). The van der Waals surface area contributed by atoms with E-state index in [1.54, 1.807) is 30.9 Å². The van der Waals surface area contributed by atoms with Crippen LogP contribution in [0.4, 0.5) is 13.2 Å². The van der Waals surface area contributed by atoms with Gasteiger partial charge in [0.2, 0.25) is 0 Å². The Morgan fingerprint density at radius 1 is 1.12 bits per heavy atom. The van der Waals surface area contributed by atoms with Gasteiger partial charge >= 0.3 is 6.18 Å². The van der Waals surface area contributed by atoms with Crippen LogP contribution in [0.5, 0.6) is 0 Å². The van der Waals surface area contributed by atoms with Crippen LogP contribution >= 0.6 is 0 Å². The Morgan fingerprint density at radius 3 is 2.00 bits per heavy atom. The topological polar surface area (TPSA) is 23.5 Å². The molecular weight excluding hydrogens is 327 g/mol. The summed E-state index contributed by atoms with van der Waals surface area (Å²) in [4.78, 5) is 1.62. The van der Waals surface area contributed by atoms with Crippen LogP contribution in [0.25, 0.3) is 0 Å². The molecule has 0 aromatic rings. The minimum absolute atomic E-state index is 0.153. The molecule has 0 heterocycles. The van der Waals surface area contributed by atoms with Gasteiger partial charge in [0.15, 0.2) is 5.60 Å². The maximum Gasteiger partial charge on any atom is 0.422 e. The molecular formula is C20H32F3NO.